The van der Waals surface area contributed by atoms with Crippen LogP contribution in [-0.4, -0.2) is 73.3 Å². The number of likely N-dealkylation sites (tertiary alicyclic amines) is 2. The van der Waals surface area contributed by atoms with Crippen molar-refractivity contribution in [2.45, 2.75) is 25.8 Å². The summed E-state index contributed by atoms with van der Waals surface area (Å²) >= 11 is 0. The van der Waals surface area contributed by atoms with Crippen LogP contribution in [0.4, 0.5) is 9.18 Å². The number of ether oxygens (including phenoxy) is 3. The fraction of sp³-hybridized carbons (Fsp3) is 0.429. The number of hydrogen-bond acceptors (Lipinski definition) is 7. The minimum atomic E-state index is -1.06. The number of allylic oxidation sites excluding steroid dienone is 5. The average Bonchev–Trinajstić information content (AvgIpc) is 3.01. The molecule has 31 heavy (non-hydrogen) atoms. The molecule has 10 heteroatoms. The quantitative estimate of drug-likeness (QED) is 0.248. The van der Waals surface area contributed by atoms with Crippen molar-refractivity contribution in [3.05, 3.63) is 47.9 Å². The molecule has 2 rings (SSSR count). The largest absolute Gasteiger partial charge is 0.510 e. The Morgan fingerprint density at radius 2 is 2.00 bits per heavy atom. The molecule has 0 bridgehead atoms. The third-order valence-corrected chi connectivity index (χ3v) is 4.64. The summed E-state index contributed by atoms with van der Waals surface area (Å²) in [6, 6.07) is -0.953. The number of hydrogen-bond donors (Lipinski definition) is 0. The molecule has 0 saturated carbocycles. The summed E-state index contributed by atoms with van der Waals surface area (Å²) in [6.07, 6.45) is 5.05. The van der Waals surface area contributed by atoms with Gasteiger partial charge in [-0.2, -0.15) is 0 Å². The third-order valence-electron chi connectivity index (χ3n) is 4.64. The highest BCUT2D eigenvalue weighted by molar-refractivity contribution is 6.07. The van der Waals surface area contributed by atoms with Crippen LogP contribution in [0.3, 0.4) is 0 Å². The van der Waals surface area contributed by atoms with Gasteiger partial charge in [-0.25, -0.2) is 14.1 Å². The van der Waals surface area contributed by atoms with Crippen LogP contribution in [-0.2, 0) is 28.6 Å². The number of nitrogens with zero attached hydrogens (tertiary/aromatic N) is 2. The summed E-state index contributed by atoms with van der Waals surface area (Å²) in [6.45, 7) is 4.44. The SMILES string of the molecule is C=C(F)/C=C1/CN(C2CCC(=O)N(COC(=O)OCCOC)C2=O)C(=O)/C1=C/C=C/C. The normalized spacial score (nSPS) is 22.2. The van der Waals surface area contributed by atoms with Crippen molar-refractivity contribution in [3.8, 4) is 0 Å². The zero-order valence-corrected chi connectivity index (χ0v) is 17.5. The number of amides is 3. The lowest BCUT2D eigenvalue weighted by molar-refractivity contribution is -0.160. The predicted octanol–water partition coefficient (Wildman–Crippen LogP) is 2.02. The van der Waals surface area contributed by atoms with Gasteiger partial charge < -0.3 is 19.1 Å². The fourth-order valence-electron chi connectivity index (χ4n) is 3.18. The van der Waals surface area contributed by atoms with Gasteiger partial charge in [-0.15, -0.1) is 0 Å². The molecule has 1 unspecified atom stereocenters. The maximum absolute atomic E-state index is 13.4. The number of carbonyl (C=O) groups is 4. The van der Waals surface area contributed by atoms with Gasteiger partial charge in [0.1, 0.15) is 18.5 Å². The van der Waals surface area contributed by atoms with Crippen LogP contribution in [0, 0.1) is 0 Å². The Hall–Kier alpha value is -3.27. The van der Waals surface area contributed by atoms with Gasteiger partial charge in [0.05, 0.1) is 6.61 Å². The molecule has 0 aliphatic carbocycles. The lowest BCUT2D eigenvalue weighted by Gasteiger charge is -2.34. The van der Waals surface area contributed by atoms with Crippen LogP contribution in [0.25, 0.3) is 0 Å². The molecule has 2 saturated heterocycles. The summed E-state index contributed by atoms with van der Waals surface area (Å²) in [7, 11) is 1.43. The first-order valence-electron chi connectivity index (χ1n) is 9.62. The summed E-state index contributed by atoms with van der Waals surface area (Å²) in [5, 5.41) is 0. The maximum Gasteiger partial charge on any atom is 0.510 e. The van der Waals surface area contributed by atoms with E-state index in [0.717, 1.165) is 11.0 Å². The molecule has 2 aliphatic heterocycles. The van der Waals surface area contributed by atoms with Crippen molar-refractivity contribution >= 4 is 23.9 Å². The minimum Gasteiger partial charge on any atom is -0.432 e. The van der Waals surface area contributed by atoms with E-state index in [2.05, 4.69) is 6.58 Å². The van der Waals surface area contributed by atoms with Crippen LogP contribution in [0.2, 0.25) is 0 Å². The van der Waals surface area contributed by atoms with Gasteiger partial charge in [0.15, 0.2) is 6.73 Å². The molecule has 9 nitrogen and oxygen atoms in total. The van der Waals surface area contributed by atoms with Crippen LogP contribution in [0.1, 0.15) is 19.8 Å². The predicted molar refractivity (Wildman–Crippen MR) is 107 cm³/mol. The second-order valence-electron chi connectivity index (χ2n) is 6.73. The molecule has 0 aromatic heterocycles. The molecule has 2 fully saturated rings. The smallest absolute Gasteiger partial charge is 0.432 e. The number of methoxy groups -OCH3 is 1. The number of piperidine rings is 1. The van der Waals surface area contributed by atoms with Crippen molar-refractivity contribution in [1.82, 2.24) is 9.80 Å². The molecule has 0 aromatic carbocycles. The molecule has 0 spiro atoms. The molecule has 168 valence electrons. The molecule has 1 atom stereocenters. The second-order valence-corrected chi connectivity index (χ2v) is 6.73. The van der Waals surface area contributed by atoms with Crippen molar-refractivity contribution in [1.29, 1.82) is 0 Å². The summed E-state index contributed by atoms with van der Waals surface area (Å²) in [5.74, 6) is -2.39. The lowest BCUT2D eigenvalue weighted by atomic mass is 10.0. The van der Waals surface area contributed by atoms with Gasteiger partial charge in [0, 0.05) is 25.6 Å². The summed E-state index contributed by atoms with van der Waals surface area (Å²) in [4.78, 5) is 51.6. The monoisotopic (exact) mass is 436 g/mol. The third kappa shape index (κ3) is 6.11. The van der Waals surface area contributed by atoms with Crippen LogP contribution < -0.4 is 0 Å². The van der Waals surface area contributed by atoms with Gasteiger partial charge in [-0.3, -0.25) is 14.4 Å². The lowest BCUT2D eigenvalue weighted by Crippen LogP contribution is -2.55. The summed E-state index contributed by atoms with van der Waals surface area (Å²) in [5.41, 5.74) is 0.621. The zero-order chi connectivity index (χ0) is 23.0. The Morgan fingerprint density at radius 3 is 2.65 bits per heavy atom. The molecular weight excluding hydrogens is 411 g/mol. The van der Waals surface area contributed by atoms with E-state index < -0.39 is 42.5 Å². The maximum atomic E-state index is 13.4. The summed E-state index contributed by atoms with van der Waals surface area (Å²) < 4.78 is 27.7. The second kappa shape index (κ2) is 11.2. The Labute approximate surface area is 179 Å². The molecule has 0 radical (unpaired) electrons. The van der Waals surface area contributed by atoms with E-state index >= 15 is 0 Å². The Balaban J connectivity index is 2.14. The standard InChI is InChI=1S/C21H25FN2O7/c1-4-5-6-16-15(11-14(2)22)12-23(19(16)26)17-7-8-18(25)24(20(17)27)13-31-21(28)30-10-9-29-3/h4-6,11,17H,2,7-10,12-13H2,1,3H3/b5-4+,15-11-,16-6+. The van der Waals surface area contributed by atoms with E-state index in [1.165, 1.54) is 18.1 Å². The topological polar surface area (TPSA) is 102 Å². The average molecular weight is 436 g/mol. The Morgan fingerprint density at radius 1 is 1.26 bits per heavy atom. The van der Waals surface area contributed by atoms with Gasteiger partial charge >= 0.3 is 6.16 Å². The highest BCUT2D eigenvalue weighted by atomic mass is 19.1. The fourth-order valence-corrected chi connectivity index (χ4v) is 3.18. The highest BCUT2D eigenvalue weighted by Gasteiger charge is 2.44. The number of halogens is 1. The first-order chi connectivity index (χ1) is 14.8. The molecule has 0 aromatic rings. The zero-order valence-electron chi connectivity index (χ0n) is 17.5. The van der Waals surface area contributed by atoms with Gasteiger partial charge in [-0.05, 0) is 31.1 Å². The van der Waals surface area contributed by atoms with Crippen molar-refractivity contribution < 1.29 is 37.8 Å². The first kappa shape index (κ1) is 24.0. The van der Waals surface area contributed by atoms with E-state index in [1.807, 2.05) is 0 Å². The van der Waals surface area contributed by atoms with E-state index in [0.29, 0.717) is 5.57 Å². The number of carbonyl (C=O) groups excluding carboxylic acids is 4. The van der Waals surface area contributed by atoms with Crippen LogP contribution in [0.15, 0.2) is 47.9 Å². The van der Waals surface area contributed by atoms with Crippen LogP contribution >= 0.6 is 0 Å². The molecule has 0 N–H and O–H groups in total. The van der Waals surface area contributed by atoms with Gasteiger partial charge in [0.2, 0.25) is 5.91 Å². The van der Waals surface area contributed by atoms with Crippen molar-refractivity contribution in [2.75, 3.05) is 33.6 Å². The van der Waals surface area contributed by atoms with E-state index in [-0.39, 0.29) is 38.2 Å². The highest BCUT2D eigenvalue weighted by Crippen LogP contribution is 2.30. The molecular formula is C21H25FN2O7. The first-order valence-corrected chi connectivity index (χ1v) is 9.62. The van der Waals surface area contributed by atoms with Crippen molar-refractivity contribution in [2.24, 2.45) is 0 Å². The number of imide groups is 1. The Kier molecular flexibility index (Phi) is 8.68. The Bertz CT molecular complexity index is 847. The van der Waals surface area contributed by atoms with Gasteiger partial charge in [0.25, 0.3) is 11.8 Å². The van der Waals surface area contributed by atoms with E-state index in [4.69, 9.17) is 14.2 Å². The number of rotatable bonds is 8. The van der Waals surface area contributed by atoms with E-state index in [1.54, 1.807) is 19.1 Å². The molecule has 2 aliphatic rings. The minimum absolute atomic E-state index is 0.0104. The van der Waals surface area contributed by atoms with Crippen molar-refractivity contribution in [3.63, 3.8) is 0 Å². The van der Waals surface area contributed by atoms with Gasteiger partial charge in [-0.1, -0.05) is 18.7 Å². The van der Waals surface area contributed by atoms with E-state index in [9.17, 15) is 23.6 Å². The van der Waals surface area contributed by atoms with Crippen LogP contribution in [0.5, 0.6) is 0 Å². The molecule has 3 amide bonds. The molecule has 2 heterocycles.